The smallest absolute Gasteiger partial charge is 0.321 e. The summed E-state index contributed by atoms with van der Waals surface area (Å²) in [5.74, 6) is 1.30. The highest BCUT2D eigenvalue weighted by atomic mass is 79.9. The van der Waals surface area contributed by atoms with Crippen LogP contribution in [-0.4, -0.2) is 17.1 Å². The van der Waals surface area contributed by atoms with Gasteiger partial charge >= 0.3 is 6.01 Å². The van der Waals surface area contributed by atoms with Gasteiger partial charge in [-0.25, -0.2) is 9.97 Å². The Morgan fingerprint density at radius 3 is 2.26 bits per heavy atom. The van der Waals surface area contributed by atoms with Gasteiger partial charge in [0.25, 0.3) is 0 Å². The maximum Gasteiger partial charge on any atom is 0.321 e. The molecule has 0 unspecified atom stereocenters. The molecule has 0 spiro atoms. The molecule has 5 nitrogen and oxygen atoms in total. The quantitative estimate of drug-likeness (QED) is 0.870. The number of methoxy groups -OCH3 is 1. The molecule has 100 valence electrons. The van der Waals surface area contributed by atoms with Crippen LogP contribution in [0.2, 0.25) is 0 Å². The molecule has 1 aromatic heterocycles. The summed E-state index contributed by atoms with van der Waals surface area (Å²) >= 11 is 6.80. The van der Waals surface area contributed by atoms with Gasteiger partial charge in [-0.05, 0) is 37.9 Å². The maximum absolute atomic E-state index is 5.59. The number of rotatable bonds is 4. The fourth-order valence-electron chi connectivity index (χ4n) is 1.34. The van der Waals surface area contributed by atoms with Crippen molar-refractivity contribution < 1.29 is 9.47 Å². The molecule has 0 saturated heterocycles. The van der Waals surface area contributed by atoms with Crippen LogP contribution in [0.15, 0.2) is 33.5 Å². The highest BCUT2D eigenvalue weighted by Gasteiger charge is 2.10. The molecule has 0 aliphatic rings. The van der Waals surface area contributed by atoms with Crippen LogP contribution in [0.4, 0.5) is 0 Å². The zero-order valence-electron chi connectivity index (χ0n) is 10.1. The zero-order chi connectivity index (χ0) is 13.8. The molecule has 0 aliphatic heterocycles. The highest BCUT2D eigenvalue weighted by Crippen LogP contribution is 2.37. The molecule has 0 saturated carbocycles. The van der Waals surface area contributed by atoms with Crippen LogP contribution < -0.4 is 15.2 Å². The van der Waals surface area contributed by atoms with Gasteiger partial charge in [0.05, 0.1) is 16.1 Å². The van der Waals surface area contributed by atoms with Crippen LogP contribution >= 0.6 is 31.9 Å². The monoisotopic (exact) mass is 387 g/mol. The molecule has 0 atom stereocenters. The number of aromatic nitrogens is 2. The van der Waals surface area contributed by atoms with E-state index in [0.29, 0.717) is 18.0 Å². The van der Waals surface area contributed by atoms with E-state index in [0.717, 1.165) is 14.5 Å². The third-order valence-electron chi connectivity index (χ3n) is 2.32. The summed E-state index contributed by atoms with van der Waals surface area (Å²) in [5, 5.41) is 0. The second-order valence-corrected chi connectivity index (χ2v) is 5.31. The van der Waals surface area contributed by atoms with E-state index >= 15 is 0 Å². The number of hydrogen-bond donors (Lipinski definition) is 1. The average Bonchev–Trinajstić information content (AvgIpc) is 2.43. The molecule has 2 rings (SSSR count). The van der Waals surface area contributed by atoms with Crippen molar-refractivity contribution in [1.29, 1.82) is 0 Å². The Hall–Kier alpha value is -1.18. The van der Waals surface area contributed by atoms with Gasteiger partial charge in [-0.1, -0.05) is 0 Å². The lowest BCUT2D eigenvalue weighted by molar-refractivity contribution is 0.406. The van der Waals surface area contributed by atoms with Crippen molar-refractivity contribution in [3.05, 3.63) is 39.0 Å². The van der Waals surface area contributed by atoms with Gasteiger partial charge in [-0.15, -0.1) is 0 Å². The van der Waals surface area contributed by atoms with Crippen molar-refractivity contribution in [3.8, 4) is 17.5 Å². The number of hydrogen-bond acceptors (Lipinski definition) is 5. The molecule has 19 heavy (non-hydrogen) atoms. The van der Waals surface area contributed by atoms with Gasteiger partial charge in [0.2, 0.25) is 0 Å². The minimum Gasteiger partial charge on any atom is -0.496 e. The molecule has 0 radical (unpaired) electrons. The summed E-state index contributed by atoms with van der Waals surface area (Å²) in [7, 11) is 1.60. The van der Waals surface area contributed by atoms with Crippen LogP contribution in [0.1, 0.15) is 5.56 Å². The lowest BCUT2D eigenvalue weighted by atomic mass is 10.3. The van der Waals surface area contributed by atoms with E-state index in [1.54, 1.807) is 31.6 Å². The molecule has 2 N–H and O–H groups in total. The summed E-state index contributed by atoms with van der Waals surface area (Å²) in [6.07, 6.45) is 3.27. The number of halogens is 2. The van der Waals surface area contributed by atoms with Gasteiger partial charge in [-0.3, -0.25) is 0 Å². The van der Waals surface area contributed by atoms with E-state index in [1.165, 1.54) is 0 Å². The first-order valence-electron chi connectivity index (χ1n) is 5.36. The van der Waals surface area contributed by atoms with Crippen LogP contribution in [-0.2, 0) is 6.54 Å². The van der Waals surface area contributed by atoms with E-state index < -0.39 is 0 Å². The van der Waals surface area contributed by atoms with E-state index in [1.807, 2.05) is 0 Å². The van der Waals surface area contributed by atoms with E-state index in [-0.39, 0.29) is 6.01 Å². The molecule has 0 fully saturated rings. The summed E-state index contributed by atoms with van der Waals surface area (Å²) in [5.41, 5.74) is 6.33. The molecular formula is C12H11Br2N3O2. The van der Waals surface area contributed by atoms with Crippen molar-refractivity contribution in [2.45, 2.75) is 6.54 Å². The summed E-state index contributed by atoms with van der Waals surface area (Å²) in [6.45, 7) is 0.401. The van der Waals surface area contributed by atoms with Crippen molar-refractivity contribution >= 4 is 31.9 Å². The van der Waals surface area contributed by atoms with E-state index in [9.17, 15) is 0 Å². The fraction of sp³-hybridized carbons (Fsp3) is 0.167. The Balaban J connectivity index is 2.25. The Morgan fingerprint density at radius 2 is 1.68 bits per heavy atom. The molecule has 0 aliphatic carbocycles. The fourth-order valence-corrected chi connectivity index (χ4v) is 2.23. The second-order valence-electron chi connectivity index (χ2n) is 3.60. The third kappa shape index (κ3) is 3.43. The van der Waals surface area contributed by atoms with Crippen molar-refractivity contribution in [2.24, 2.45) is 5.73 Å². The number of ether oxygens (including phenoxy) is 2. The first-order valence-corrected chi connectivity index (χ1v) is 6.94. The predicted molar refractivity (Wildman–Crippen MR) is 78.4 cm³/mol. The lowest BCUT2D eigenvalue weighted by Gasteiger charge is -2.09. The average molecular weight is 389 g/mol. The molecule has 2 aromatic rings. The molecule has 0 bridgehead atoms. The number of nitrogens with zero attached hydrogens (tertiary/aromatic N) is 2. The zero-order valence-corrected chi connectivity index (χ0v) is 13.2. The van der Waals surface area contributed by atoms with E-state index in [2.05, 4.69) is 41.8 Å². The first kappa shape index (κ1) is 14.2. The Kier molecular flexibility index (Phi) is 4.73. The lowest BCUT2D eigenvalue weighted by Crippen LogP contribution is -1.99. The van der Waals surface area contributed by atoms with Crippen molar-refractivity contribution in [1.82, 2.24) is 9.97 Å². The van der Waals surface area contributed by atoms with Crippen LogP contribution in [0.3, 0.4) is 0 Å². The van der Waals surface area contributed by atoms with Gasteiger partial charge in [-0.2, -0.15) is 0 Å². The largest absolute Gasteiger partial charge is 0.496 e. The highest BCUT2D eigenvalue weighted by molar-refractivity contribution is 9.11. The Labute approximate surface area is 127 Å². The van der Waals surface area contributed by atoms with Gasteiger partial charge in [0.1, 0.15) is 11.5 Å². The van der Waals surface area contributed by atoms with Gasteiger partial charge in [0, 0.05) is 30.6 Å². The minimum absolute atomic E-state index is 0.259. The summed E-state index contributed by atoms with van der Waals surface area (Å²) in [6, 6.07) is 3.84. The number of nitrogens with two attached hydrogens (primary N) is 1. The number of benzene rings is 1. The summed E-state index contributed by atoms with van der Waals surface area (Å²) < 4.78 is 12.3. The minimum atomic E-state index is 0.259. The van der Waals surface area contributed by atoms with Crippen LogP contribution in [0.25, 0.3) is 0 Å². The molecule has 7 heteroatoms. The topological polar surface area (TPSA) is 70.3 Å². The molecular weight excluding hydrogens is 378 g/mol. The van der Waals surface area contributed by atoms with Gasteiger partial charge in [0.15, 0.2) is 0 Å². The molecule has 0 amide bonds. The molecule has 1 aromatic carbocycles. The SMILES string of the molecule is COc1cc(Br)c(Oc2ncc(CN)cn2)cc1Br. The molecule has 1 heterocycles. The van der Waals surface area contributed by atoms with Crippen molar-refractivity contribution in [3.63, 3.8) is 0 Å². The Morgan fingerprint density at radius 1 is 1.11 bits per heavy atom. The van der Waals surface area contributed by atoms with Crippen LogP contribution in [0, 0.1) is 0 Å². The third-order valence-corrected chi connectivity index (χ3v) is 3.56. The Bertz CT molecular complexity index is 576. The van der Waals surface area contributed by atoms with Crippen LogP contribution in [0.5, 0.6) is 17.5 Å². The van der Waals surface area contributed by atoms with Gasteiger partial charge < -0.3 is 15.2 Å². The maximum atomic E-state index is 5.59. The predicted octanol–water partition coefficient (Wildman–Crippen LogP) is 3.26. The summed E-state index contributed by atoms with van der Waals surface area (Å²) in [4.78, 5) is 8.15. The second kappa shape index (κ2) is 6.31. The standard InChI is InChI=1S/C12H11Br2N3O2/c1-18-10-2-9(14)11(3-8(10)13)19-12-16-5-7(4-15)6-17-12/h2-3,5-6H,4,15H2,1H3. The first-order chi connectivity index (χ1) is 9.13. The van der Waals surface area contributed by atoms with Crippen molar-refractivity contribution in [2.75, 3.05) is 7.11 Å². The van der Waals surface area contributed by atoms with E-state index in [4.69, 9.17) is 15.2 Å². The normalized spacial score (nSPS) is 10.3.